The molecule has 1 aliphatic carbocycles. The highest BCUT2D eigenvalue weighted by atomic mass is 35.5. The average Bonchev–Trinajstić information content (AvgIpc) is 2.53. The summed E-state index contributed by atoms with van der Waals surface area (Å²) in [5.74, 6) is -0.0666. The molecule has 2 aromatic rings. The van der Waals surface area contributed by atoms with E-state index in [2.05, 4.69) is 16.9 Å². The van der Waals surface area contributed by atoms with Crippen LogP contribution in [0.1, 0.15) is 48.1 Å². The Morgan fingerprint density at radius 1 is 1.08 bits per heavy atom. The molecule has 0 amide bonds. The minimum Gasteiger partial charge on any atom is -0.212 e. The van der Waals surface area contributed by atoms with Crippen molar-refractivity contribution in [2.45, 2.75) is 44.4 Å². The van der Waals surface area contributed by atoms with Crippen LogP contribution in [0.5, 0.6) is 0 Å². The number of rotatable bonds is 5. The summed E-state index contributed by atoms with van der Waals surface area (Å²) in [6.07, 6.45) is 4.68. The highest BCUT2D eigenvalue weighted by Crippen LogP contribution is 2.25. The fourth-order valence-electron chi connectivity index (χ4n) is 3.25. The van der Waals surface area contributed by atoms with E-state index < -0.39 is 10.0 Å². The smallest absolute Gasteiger partial charge is 0.212 e. The maximum atomic E-state index is 12.4. The van der Waals surface area contributed by atoms with Crippen molar-refractivity contribution in [3.63, 3.8) is 0 Å². The number of hydrogen-bond donors (Lipinski definition) is 1. The second-order valence-electron chi connectivity index (χ2n) is 6.46. The molecule has 24 heavy (non-hydrogen) atoms. The lowest BCUT2D eigenvalue weighted by Gasteiger charge is -2.20. The normalized spacial score (nSPS) is 15.8. The summed E-state index contributed by atoms with van der Waals surface area (Å²) in [5, 5.41) is 0.547. The lowest BCUT2D eigenvalue weighted by atomic mass is 9.89. The monoisotopic (exact) mass is 363 g/mol. The molecule has 0 aromatic heterocycles. The molecule has 1 aliphatic rings. The first-order valence-corrected chi connectivity index (χ1v) is 10.3. The molecule has 1 N–H and O–H groups in total. The van der Waals surface area contributed by atoms with Crippen molar-refractivity contribution in [1.82, 2.24) is 4.72 Å². The number of halogens is 1. The SMILES string of the molecule is C[C@H](NS(=O)(=O)Cc1cccc(Cl)c1)c1ccc2c(c1)CCCC2. The molecule has 0 aliphatic heterocycles. The molecule has 3 nitrogen and oxygen atoms in total. The topological polar surface area (TPSA) is 46.2 Å². The van der Waals surface area contributed by atoms with Crippen molar-refractivity contribution in [3.8, 4) is 0 Å². The number of fused-ring (bicyclic) bond motifs is 1. The number of hydrogen-bond acceptors (Lipinski definition) is 2. The summed E-state index contributed by atoms with van der Waals surface area (Å²) >= 11 is 5.93. The van der Waals surface area contributed by atoms with Gasteiger partial charge in [-0.1, -0.05) is 41.9 Å². The Balaban J connectivity index is 1.72. The van der Waals surface area contributed by atoms with Gasteiger partial charge in [0.05, 0.1) is 5.75 Å². The second kappa shape index (κ2) is 7.26. The predicted octanol–water partition coefficient (Wildman–Crippen LogP) is 4.40. The van der Waals surface area contributed by atoms with Crippen molar-refractivity contribution >= 4 is 21.6 Å². The van der Waals surface area contributed by atoms with E-state index in [1.807, 2.05) is 13.0 Å². The van der Waals surface area contributed by atoms with E-state index >= 15 is 0 Å². The van der Waals surface area contributed by atoms with Crippen LogP contribution in [0.3, 0.4) is 0 Å². The lowest BCUT2D eigenvalue weighted by molar-refractivity contribution is 0.565. The van der Waals surface area contributed by atoms with Crippen molar-refractivity contribution in [1.29, 1.82) is 0 Å². The molecule has 2 aromatic carbocycles. The molecule has 0 spiro atoms. The van der Waals surface area contributed by atoms with Crippen LogP contribution in [0.15, 0.2) is 42.5 Å². The maximum Gasteiger partial charge on any atom is 0.216 e. The number of aryl methyl sites for hydroxylation is 2. The van der Waals surface area contributed by atoms with Crippen LogP contribution in [-0.2, 0) is 28.6 Å². The van der Waals surface area contributed by atoms with Gasteiger partial charge in [0.1, 0.15) is 0 Å². The van der Waals surface area contributed by atoms with Crippen LogP contribution in [0.2, 0.25) is 5.02 Å². The summed E-state index contributed by atoms with van der Waals surface area (Å²) < 4.78 is 27.6. The molecule has 1 atom stereocenters. The zero-order valence-corrected chi connectivity index (χ0v) is 15.3. The predicted molar refractivity (Wildman–Crippen MR) is 98.7 cm³/mol. The fourth-order valence-corrected chi connectivity index (χ4v) is 4.84. The standard InChI is InChI=1S/C19H22ClNO2S/c1-14(17-10-9-16-6-2-3-7-18(16)12-17)21-24(22,23)13-15-5-4-8-19(20)11-15/h4-5,8-12,14,21H,2-3,6-7,13H2,1H3/t14-/m0/s1. The molecule has 128 valence electrons. The van der Waals surface area contributed by atoms with E-state index in [9.17, 15) is 8.42 Å². The molecule has 0 saturated heterocycles. The maximum absolute atomic E-state index is 12.4. The van der Waals surface area contributed by atoms with Gasteiger partial charge in [0, 0.05) is 11.1 Å². The first kappa shape index (κ1) is 17.5. The fraction of sp³-hybridized carbons (Fsp3) is 0.368. The number of sulfonamides is 1. The van der Waals surface area contributed by atoms with Gasteiger partial charge in [0.2, 0.25) is 10.0 Å². The van der Waals surface area contributed by atoms with Crippen molar-refractivity contribution in [2.24, 2.45) is 0 Å². The van der Waals surface area contributed by atoms with Gasteiger partial charge in [-0.2, -0.15) is 0 Å². The van der Waals surface area contributed by atoms with E-state index in [4.69, 9.17) is 11.6 Å². The van der Waals surface area contributed by atoms with Gasteiger partial charge in [-0.3, -0.25) is 0 Å². The van der Waals surface area contributed by atoms with E-state index in [1.54, 1.807) is 24.3 Å². The van der Waals surface area contributed by atoms with Gasteiger partial charge in [0.15, 0.2) is 0 Å². The largest absolute Gasteiger partial charge is 0.216 e. The summed E-state index contributed by atoms with van der Waals surface area (Å²) in [5.41, 5.74) is 4.47. The summed E-state index contributed by atoms with van der Waals surface area (Å²) in [6, 6.07) is 13.0. The molecular weight excluding hydrogens is 342 g/mol. The molecule has 0 fully saturated rings. The minimum absolute atomic E-state index is 0.0666. The van der Waals surface area contributed by atoms with Crippen molar-refractivity contribution in [2.75, 3.05) is 0 Å². The van der Waals surface area contributed by atoms with Crippen LogP contribution in [0, 0.1) is 0 Å². The number of benzene rings is 2. The molecule has 0 saturated carbocycles. The van der Waals surface area contributed by atoms with Crippen LogP contribution < -0.4 is 4.72 Å². The van der Waals surface area contributed by atoms with Crippen LogP contribution in [0.25, 0.3) is 0 Å². The van der Waals surface area contributed by atoms with Crippen LogP contribution in [0.4, 0.5) is 0 Å². The zero-order chi connectivity index (χ0) is 17.2. The zero-order valence-electron chi connectivity index (χ0n) is 13.8. The minimum atomic E-state index is -3.43. The average molecular weight is 364 g/mol. The third kappa shape index (κ3) is 4.38. The summed E-state index contributed by atoms with van der Waals surface area (Å²) in [6.45, 7) is 1.89. The number of nitrogens with one attached hydrogen (secondary N) is 1. The quantitative estimate of drug-likeness (QED) is 0.855. The molecule has 0 heterocycles. The van der Waals surface area contributed by atoms with E-state index in [-0.39, 0.29) is 11.8 Å². The van der Waals surface area contributed by atoms with Crippen LogP contribution >= 0.6 is 11.6 Å². The van der Waals surface area contributed by atoms with E-state index in [0.717, 1.165) is 18.4 Å². The third-order valence-electron chi connectivity index (χ3n) is 4.47. The van der Waals surface area contributed by atoms with Crippen LogP contribution in [-0.4, -0.2) is 8.42 Å². The van der Waals surface area contributed by atoms with Gasteiger partial charge in [0.25, 0.3) is 0 Å². The molecule has 0 unspecified atom stereocenters. The first-order chi connectivity index (χ1) is 11.4. The lowest BCUT2D eigenvalue weighted by Crippen LogP contribution is -2.28. The Hall–Kier alpha value is -1.36. The first-order valence-electron chi connectivity index (χ1n) is 8.29. The van der Waals surface area contributed by atoms with Gasteiger partial charge in [-0.15, -0.1) is 0 Å². The van der Waals surface area contributed by atoms with E-state index in [0.29, 0.717) is 10.6 Å². The summed E-state index contributed by atoms with van der Waals surface area (Å²) in [7, 11) is -3.43. The second-order valence-corrected chi connectivity index (χ2v) is 8.65. The Labute approximate surface area is 149 Å². The third-order valence-corrected chi connectivity index (χ3v) is 6.14. The molecule has 0 radical (unpaired) electrons. The van der Waals surface area contributed by atoms with Crippen molar-refractivity contribution < 1.29 is 8.42 Å². The van der Waals surface area contributed by atoms with Crippen molar-refractivity contribution in [3.05, 3.63) is 69.7 Å². The van der Waals surface area contributed by atoms with Gasteiger partial charge in [-0.05, 0) is 67.0 Å². The highest BCUT2D eigenvalue weighted by molar-refractivity contribution is 7.88. The molecule has 3 rings (SSSR count). The Morgan fingerprint density at radius 2 is 1.83 bits per heavy atom. The summed E-state index contributed by atoms with van der Waals surface area (Å²) in [4.78, 5) is 0. The Bertz CT molecular complexity index is 833. The van der Waals surface area contributed by atoms with Gasteiger partial charge in [-0.25, -0.2) is 13.1 Å². The molecule has 5 heteroatoms. The molecule has 0 bridgehead atoms. The highest BCUT2D eigenvalue weighted by Gasteiger charge is 2.18. The molecular formula is C19H22ClNO2S. The van der Waals surface area contributed by atoms with E-state index in [1.165, 1.54) is 24.0 Å². The van der Waals surface area contributed by atoms with Gasteiger partial charge >= 0.3 is 0 Å². The Kier molecular flexibility index (Phi) is 5.28. The Morgan fingerprint density at radius 3 is 2.58 bits per heavy atom. The van der Waals surface area contributed by atoms with Gasteiger partial charge < -0.3 is 0 Å².